The van der Waals surface area contributed by atoms with Crippen molar-refractivity contribution in [2.75, 3.05) is 13.2 Å². The number of Topliss-reactive ketones (excluding diaryl/α,β-unsaturated/α-hetero) is 2. The SMILES string of the molecule is CCOc1ccccc1OCC(=O)[C@](O)(CC)C(=O)CC. The van der Waals surface area contributed by atoms with E-state index < -0.39 is 17.2 Å². The highest BCUT2D eigenvalue weighted by Crippen LogP contribution is 2.27. The van der Waals surface area contributed by atoms with Crippen molar-refractivity contribution in [3.63, 3.8) is 0 Å². The second kappa shape index (κ2) is 7.78. The predicted octanol–water partition coefficient (Wildman–Crippen LogP) is 2.15. The standard InChI is InChI=1S/C16H22O5/c1-4-14(17)16(19,5-2)15(18)11-21-13-10-8-7-9-12(13)20-6-3/h7-10,19H,4-6,11H2,1-3H3/t16-/m0/s1. The molecule has 0 aliphatic rings. The van der Waals surface area contributed by atoms with Crippen LogP contribution in [0.5, 0.6) is 11.5 Å². The fourth-order valence-electron chi connectivity index (χ4n) is 1.95. The predicted molar refractivity (Wildman–Crippen MR) is 78.7 cm³/mol. The summed E-state index contributed by atoms with van der Waals surface area (Å²) in [4.78, 5) is 23.8. The van der Waals surface area contributed by atoms with E-state index in [0.29, 0.717) is 18.1 Å². The molecule has 21 heavy (non-hydrogen) atoms. The van der Waals surface area contributed by atoms with Crippen molar-refractivity contribution in [1.29, 1.82) is 0 Å². The van der Waals surface area contributed by atoms with Crippen LogP contribution in [0.25, 0.3) is 0 Å². The number of carbonyl (C=O) groups is 2. The van der Waals surface area contributed by atoms with E-state index >= 15 is 0 Å². The third-order valence-electron chi connectivity index (χ3n) is 3.26. The number of aliphatic hydroxyl groups is 1. The maximum atomic E-state index is 12.1. The molecule has 0 aliphatic carbocycles. The first kappa shape index (κ1) is 17.2. The van der Waals surface area contributed by atoms with Crippen LogP contribution in [0.15, 0.2) is 24.3 Å². The van der Waals surface area contributed by atoms with Gasteiger partial charge in [-0.25, -0.2) is 0 Å². The lowest BCUT2D eigenvalue weighted by molar-refractivity contribution is -0.152. The molecule has 0 radical (unpaired) electrons. The molecule has 0 aromatic heterocycles. The van der Waals surface area contributed by atoms with E-state index in [1.807, 2.05) is 6.92 Å². The smallest absolute Gasteiger partial charge is 0.209 e. The highest BCUT2D eigenvalue weighted by molar-refractivity contribution is 6.10. The van der Waals surface area contributed by atoms with Gasteiger partial charge in [0, 0.05) is 6.42 Å². The zero-order valence-corrected chi connectivity index (χ0v) is 12.7. The molecule has 1 N–H and O–H groups in total. The Balaban J connectivity index is 2.79. The van der Waals surface area contributed by atoms with Crippen molar-refractivity contribution in [1.82, 2.24) is 0 Å². The largest absolute Gasteiger partial charge is 0.490 e. The van der Waals surface area contributed by atoms with Crippen molar-refractivity contribution in [2.45, 2.75) is 39.2 Å². The van der Waals surface area contributed by atoms with Crippen LogP contribution in [-0.2, 0) is 9.59 Å². The minimum atomic E-state index is -1.96. The van der Waals surface area contributed by atoms with Gasteiger partial charge in [-0.1, -0.05) is 26.0 Å². The van der Waals surface area contributed by atoms with Crippen LogP contribution in [0.4, 0.5) is 0 Å². The Labute approximate surface area is 124 Å². The van der Waals surface area contributed by atoms with E-state index in [2.05, 4.69) is 0 Å². The molecule has 0 fully saturated rings. The normalized spacial score (nSPS) is 13.3. The summed E-state index contributed by atoms with van der Waals surface area (Å²) in [5.74, 6) is -0.190. The van der Waals surface area contributed by atoms with Gasteiger partial charge >= 0.3 is 0 Å². The monoisotopic (exact) mass is 294 g/mol. The molecule has 0 saturated carbocycles. The van der Waals surface area contributed by atoms with Gasteiger partial charge in [-0.05, 0) is 25.5 Å². The van der Waals surface area contributed by atoms with Crippen LogP contribution in [0.2, 0.25) is 0 Å². The van der Waals surface area contributed by atoms with Crippen molar-refractivity contribution in [2.24, 2.45) is 0 Å². The second-order valence-corrected chi connectivity index (χ2v) is 4.58. The second-order valence-electron chi connectivity index (χ2n) is 4.58. The molecule has 5 heteroatoms. The number of ether oxygens (including phenoxy) is 2. The number of rotatable bonds is 9. The van der Waals surface area contributed by atoms with Crippen molar-refractivity contribution >= 4 is 11.6 Å². The molecule has 5 nitrogen and oxygen atoms in total. The number of hydrogen-bond acceptors (Lipinski definition) is 5. The fourth-order valence-corrected chi connectivity index (χ4v) is 1.95. The molecule has 0 heterocycles. The molecule has 1 aromatic carbocycles. The minimum absolute atomic E-state index is 0.0367. The molecule has 116 valence electrons. The van der Waals surface area contributed by atoms with E-state index in [4.69, 9.17) is 9.47 Å². The number of hydrogen-bond donors (Lipinski definition) is 1. The summed E-state index contributed by atoms with van der Waals surface area (Å²) in [6.45, 7) is 5.15. The number of para-hydroxylation sites is 2. The molecular weight excluding hydrogens is 272 g/mol. The van der Waals surface area contributed by atoms with E-state index in [1.165, 1.54) is 0 Å². The molecule has 0 aliphatic heterocycles. The first-order chi connectivity index (χ1) is 9.99. The number of ketones is 2. The molecule has 0 amide bonds. The molecular formula is C16H22O5. The summed E-state index contributed by atoms with van der Waals surface area (Å²) in [6, 6.07) is 6.95. The van der Waals surface area contributed by atoms with Crippen LogP contribution in [0, 0.1) is 0 Å². The van der Waals surface area contributed by atoms with Crippen molar-refractivity contribution < 1.29 is 24.2 Å². The van der Waals surface area contributed by atoms with E-state index in [9.17, 15) is 14.7 Å². The molecule has 0 saturated heterocycles. The Bertz CT molecular complexity index is 497. The van der Waals surface area contributed by atoms with Crippen LogP contribution in [0.1, 0.15) is 33.6 Å². The van der Waals surface area contributed by atoms with Gasteiger partial charge in [-0.3, -0.25) is 9.59 Å². The maximum absolute atomic E-state index is 12.1. The Morgan fingerprint density at radius 2 is 1.62 bits per heavy atom. The Morgan fingerprint density at radius 3 is 2.10 bits per heavy atom. The zero-order chi connectivity index (χ0) is 15.9. The Hall–Kier alpha value is -1.88. The quantitative estimate of drug-likeness (QED) is 0.706. The van der Waals surface area contributed by atoms with Gasteiger partial charge in [-0.15, -0.1) is 0 Å². The van der Waals surface area contributed by atoms with Gasteiger partial charge in [0.05, 0.1) is 6.61 Å². The lowest BCUT2D eigenvalue weighted by atomic mass is 9.89. The average Bonchev–Trinajstić information content (AvgIpc) is 2.52. The fraction of sp³-hybridized carbons (Fsp3) is 0.500. The van der Waals surface area contributed by atoms with Gasteiger partial charge in [-0.2, -0.15) is 0 Å². The summed E-state index contributed by atoms with van der Waals surface area (Å²) in [7, 11) is 0. The zero-order valence-electron chi connectivity index (χ0n) is 12.7. The van der Waals surface area contributed by atoms with Crippen LogP contribution < -0.4 is 9.47 Å². The molecule has 0 unspecified atom stereocenters. The summed E-state index contributed by atoms with van der Waals surface area (Å²) in [5, 5.41) is 10.2. The van der Waals surface area contributed by atoms with Crippen molar-refractivity contribution in [3.8, 4) is 11.5 Å². The van der Waals surface area contributed by atoms with Crippen LogP contribution in [-0.4, -0.2) is 35.5 Å². The van der Waals surface area contributed by atoms with Gasteiger partial charge in [0.1, 0.15) is 0 Å². The average molecular weight is 294 g/mol. The van der Waals surface area contributed by atoms with Gasteiger partial charge in [0.2, 0.25) is 5.78 Å². The third kappa shape index (κ3) is 4.04. The lowest BCUT2D eigenvalue weighted by Gasteiger charge is -2.23. The first-order valence-corrected chi connectivity index (χ1v) is 7.13. The molecule has 1 aromatic rings. The van der Waals surface area contributed by atoms with Gasteiger partial charge in [0.15, 0.2) is 29.5 Å². The first-order valence-electron chi connectivity index (χ1n) is 7.13. The molecule has 0 bridgehead atoms. The van der Waals surface area contributed by atoms with E-state index in [-0.39, 0.29) is 19.4 Å². The number of carbonyl (C=O) groups excluding carboxylic acids is 2. The maximum Gasteiger partial charge on any atom is 0.209 e. The summed E-state index contributed by atoms with van der Waals surface area (Å²) >= 11 is 0. The third-order valence-corrected chi connectivity index (χ3v) is 3.26. The van der Waals surface area contributed by atoms with Gasteiger partial charge in [0.25, 0.3) is 0 Å². The highest BCUT2D eigenvalue weighted by Gasteiger charge is 2.40. The molecule has 1 rings (SSSR count). The van der Waals surface area contributed by atoms with E-state index in [1.54, 1.807) is 38.1 Å². The summed E-state index contributed by atoms with van der Waals surface area (Å²) in [5.41, 5.74) is -1.96. The minimum Gasteiger partial charge on any atom is -0.490 e. The summed E-state index contributed by atoms with van der Waals surface area (Å²) in [6.07, 6.45) is 0.139. The van der Waals surface area contributed by atoms with Crippen LogP contribution in [0.3, 0.4) is 0 Å². The molecule has 0 spiro atoms. The highest BCUT2D eigenvalue weighted by atomic mass is 16.5. The topological polar surface area (TPSA) is 72.8 Å². The number of benzene rings is 1. The van der Waals surface area contributed by atoms with Crippen molar-refractivity contribution in [3.05, 3.63) is 24.3 Å². The van der Waals surface area contributed by atoms with Gasteiger partial charge < -0.3 is 14.6 Å². The van der Waals surface area contributed by atoms with E-state index in [0.717, 1.165) is 0 Å². The summed E-state index contributed by atoms with van der Waals surface area (Å²) < 4.78 is 10.8. The Morgan fingerprint density at radius 1 is 1.05 bits per heavy atom. The Kier molecular flexibility index (Phi) is 6.37. The molecule has 1 atom stereocenters. The lowest BCUT2D eigenvalue weighted by Crippen LogP contribution is -2.48. The van der Waals surface area contributed by atoms with Crippen LogP contribution >= 0.6 is 0 Å².